The SMILES string of the molecule is Cc1ccccc1C(=O)N(c1ccc(Cl)cc1)[C@H]1C=CS(=O)(=O)C1. The first-order valence-corrected chi connectivity index (χ1v) is 9.52. The van der Waals surface area contributed by atoms with E-state index < -0.39 is 15.9 Å². The fraction of sp³-hybridized carbons (Fsp3) is 0.167. The molecule has 0 saturated heterocycles. The molecule has 0 unspecified atom stereocenters. The maximum Gasteiger partial charge on any atom is 0.259 e. The van der Waals surface area contributed by atoms with E-state index in [2.05, 4.69) is 0 Å². The summed E-state index contributed by atoms with van der Waals surface area (Å²) in [6, 6.07) is 13.5. The lowest BCUT2D eigenvalue weighted by Crippen LogP contribution is -2.41. The molecule has 3 rings (SSSR count). The molecule has 1 aliphatic rings. The van der Waals surface area contributed by atoms with Crippen molar-refractivity contribution in [3.05, 3.63) is 76.2 Å². The van der Waals surface area contributed by atoms with Crippen LogP contribution in [0.1, 0.15) is 15.9 Å². The highest BCUT2D eigenvalue weighted by molar-refractivity contribution is 7.94. The van der Waals surface area contributed by atoms with E-state index in [9.17, 15) is 13.2 Å². The molecular weight excluding hydrogens is 346 g/mol. The third-order valence-corrected chi connectivity index (χ3v) is 5.57. The molecule has 6 heteroatoms. The van der Waals surface area contributed by atoms with Crippen LogP contribution in [0, 0.1) is 6.92 Å². The summed E-state index contributed by atoms with van der Waals surface area (Å²) in [5.41, 5.74) is 2.00. The molecule has 0 saturated carbocycles. The third-order valence-electron chi connectivity index (χ3n) is 3.94. The first kappa shape index (κ1) is 16.7. The summed E-state index contributed by atoms with van der Waals surface area (Å²) in [5.74, 6) is -0.352. The van der Waals surface area contributed by atoms with Crippen LogP contribution in [0.15, 0.2) is 60.0 Å². The van der Waals surface area contributed by atoms with Gasteiger partial charge in [0, 0.05) is 21.7 Å². The summed E-state index contributed by atoms with van der Waals surface area (Å²) in [4.78, 5) is 14.6. The number of carbonyl (C=O) groups excluding carboxylic acids is 1. The molecule has 0 aliphatic carbocycles. The highest BCUT2D eigenvalue weighted by Crippen LogP contribution is 2.27. The van der Waals surface area contributed by atoms with Gasteiger partial charge < -0.3 is 4.90 Å². The van der Waals surface area contributed by atoms with Gasteiger partial charge in [-0.1, -0.05) is 29.8 Å². The first-order valence-electron chi connectivity index (χ1n) is 7.43. The number of halogens is 1. The minimum absolute atomic E-state index is 0.118. The second-order valence-corrected chi connectivity index (χ2v) is 8.06. The number of carbonyl (C=O) groups is 1. The van der Waals surface area contributed by atoms with Gasteiger partial charge in [0.2, 0.25) is 0 Å². The van der Waals surface area contributed by atoms with Crippen LogP contribution in [-0.4, -0.2) is 26.1 Å². The molecule has 2 aromatic carbocycles. The molecule has 1 aliphatic heterocycles. The molecule has 124 valence electrons. The maximum absolute atomic E-state index is 13.1. The van der Waals surface area contributed by atoms with Crippen molar-refractivity contribution in [2.24, 2.45) is 0 Å². The first-order chi connectivity index (χ1) is 11.4. The summed E-state index contributed by atoms with van der Waals surface area (Å²) in [6.45, 7) is 1.86. The summed E-state index contributed by atoms with van der Waals surface area (Å²) >= 11 is 5.93. The predicted octanol–water partition coefficient (Wildman–Crippen LogP) is 3.61. The van der Waals surface area contributed by atoms with Gasteiger partial charge in [-0.15, -0.1) is 0 Å². The van der Waals surface area contributed by atoms with E-state index in [0.29, 0.717) is 16.3 Å². The van der Waals surface area contributed by atoms with E-state index in [1.54, 1.807) is 42.5 Å². The van der Waals surface area contributed by atoms with E-state index in [1.807, 2.05) is 19.1 Å². The third kappa shape index (κ3) is 3.37. The molecule has 1 heterocycles. The normalized spacial score (nSPS) is 18.5. The van der Waals surface area contributed by atoms with E-state index in [1.165, 1.54) is 10.3 Å². The van der Waals surface area contributed by atoms with Crippen molar-refractivity contribution >= 4 is 33.0 Å². The van der Waals surface area contributed by atoms with Crippen LogP contribution in [0.2, 0.25) is 5.02 Å². The summed E-state index contributed by atoms with van der Waals surface area (Å²) in [5, 5.41) is 1.72. The molecule has 1 atom stereocenters. The van der Waals surface area contributed by atoms with Crippen LogP contribution in [0.25, 0.3) is 0 Å². The Bertz CT molecular complexity index is 904. The summed E-state index contributed by atoms with van der Waals surface area (Å²) in [6.07, 6.45) is 1.56. The van der Waals surface area contributed by atoms with Crippen molar-refractivity contribution in [1.82, 2.24) is 0 Å². The Morgan fingerprint density at radius 2 is 1.79 bits per heavy atom. The largest absolute Gasteiger partial charge is 0.300 e. The molecule has 4 nitrogen and oxygen atoms in total. The molecule has 0 aromatic heterocycles. The van der Waals surface area contributed by atoms with Crippen molar-refractivity contribution in [2.45, 2.75) is 13.0 Å². The van der Waals surface area contributed by atoms with Crippen LogP contribution in [0.4, 0.5) is 5.69 Å². The molecule has 0 radical (unpaired) electrons. The van der Waals surface area contributed by atoms with E-state index in [0.717, 1.165) is 5.56 Å². The zero-order chi connectivity index (χ0) is 17.3. The van der Waals surface area contributed by atoms with Crippen LogP contribution in [0.3, 0.4) is 0 Å². The summed E-state index contributed by atoms with van der Waals surface area (Å²) < 4.78 is 23.6. The summed E-state index contributed by atoms with van der Waals surface area (Å²) in [7, 11) is -3.28. The molecule has 0 spiro atoms. The average Bonchev–Trinajstić information content (AvgIpc) is 2.89. The van der Waals surface area contributed by atoms with Crippen molar-refractivity contribution in [3.63, 3.8) is 0 Å². The molecule has 0 N–H and O–H groups in total. The van der Waals surface area contributed by atoms with E-state index >= 15 is 0 Å². The number of sulfone groups is 1. The molecule has 2 aromatic rings. The zero-order valence-corrected chi connectivity index (χ0v) is 14.6. The van der Waals surface area contributed by atoms with Gasteiger partial charge in [0.25, 0.3) is 5.91 Å². The van der Waals surface area contributed by atoms with Crippen molar-refractivity contribution in [2.75, 3.05) is 10.7 Å². The number of rotatable bonds is 3. The Kier molecular flexibility index (Phi) is 4.47. The van der Waals surface area contributed by atoms with Gasteiger partial charge in [-0.25, -0.2) is 8.42 Å². The fourth-order valence-corrected chi connectivity index (χ4v) is 4.12. The Balaban J connectivity index is 2.05. The highest BCUT2D eigenvalue weighted by atomic mass is 35.5. The monoisotopic (exact) mass is 361 g/mol. The van der Waals surface area contributed by atoms with Gasteiger partial charge in [0.1, 0.15) is 0 Å². The Morgan fingerprint density at radius 3 is 2.38 bits per heavy atom. The molecule has 0 bridgehead atoms. The van der Waals surface area contributed by atoms with E-state index in [4.69, 9.17) is 11.6 Å². The predicted molar refractivity (Wildman–Crippen MR) is 96.2 cm³/mol. The smallest absolute Gasteiger partial charge is 0.259 e. The second-order valence-electron chi connectivity index (χ2n) is 5.69. The van der Waals surface area contributed by atoms with Gasteiger partial charge in [-0.2, -0.15) is 0 Å². The number of amides is 1. The average molecular weight is 362 g/mol. The van der Waals surface area contributed by atoms with Gasteiger partial charge in [-0.05, 0) is 48.9 Å². The number of hydrogen-bond donors (Lipinski definition) is 0. The van der Waals surface area contributed by atoms with E-state index in [-0.39, 0.29) is 11.7 Å². The number of anilines is 1. The minimum atomic E-state index is -3.28. The number of benzene rings is 2. The standard InChI is InChI=1S/C18H16ClNO3S/c1-13-4-2-3-5-17(13)18(21)20(15-8-6-14(19)7-9-15)16-10-11-24(22,23)12-16/h2-11,16H,12H2,1H3/t16-/m0/s1. The van der Waals surface area contributed by atoms with Gasteiger partial charge >= 0.3 is 0 Å². The van der Waals surface area contributed by atoms with Gasteiger partial charge in [0.15, 0.2) is 9.84 Å². The van der Waals surface area contributed by atoms with Crippen LogP contribution >= 0.6 is 11.6 Å². The number of nitrogens with zero attached hydrogens (tertiary/aromatic N) is 1. The molecule has 0 fully saturated rings. The number of hydrogen-bond acceptors (Lipinski definition) is 3. The van der Waals surface area contributed by atoms with Crippen LogP contribution in [-0.2, 0) is 9.84 Å². The lowest BCUT2D eigenvalue weighted by atomic mass is 10.1. The van der Waals surface area contributed by atoms with Crippen LogP contribution < -0.4 is 4.90 Å². The fourth-order valence-electron chi connectivity index (χ4n) is 2.72. The lowest BCUT2D eigenvalue weighted by molar-refractivity contribution is 0.0982. The highest BCUT2D eigenvalue weighted by Gasteiger charge is 2.32. The molecule has 24 heavy (non-hydrogen) atoms. The maximum atomic E-state index is 13.1. The zero-order valence-electron chi connectivity index (χ0n) is 13.0. The minimum Gasteiger partial charge on any atom is -0.300 e. The number of aryl methyl sites for hydroxylation is 1. The Morgan fingerprint density at radius 1 is 1.12 bits per heavy atom. The lowest BCUT2D eigenvalue weighted by Gasteiger charge is -2.28. The Labute approximate surface area is 146 Å². The van der Waals surface area contributed by atoms with Crippen LogP contribution in [0.5, 0.6) is 0 Å². The molecule has 1 amide bonds. The van der Waals surface area contributed by atoms with Gasteiger partial charge in [0.05, 0.1) is 11.8 Å². The quantitative estimate of drug-likeness (QED) is 0.839. The van der Waals surface area contributed by atoms with Crippen molar-refractivity contribution < 1.29 is 13.2 Å². The Hall–Kier alpha value is -2.11. The second kappa shape index (κ2) is 6.42. The van der Waals surface area contributed by atoms with Crippen molar-refractivity contribution in [3.8, 4) is 0 Å². The molecular formula is C18H16ClNO3S. The van der Waals surface area contributed by atoms with Gasteiger partial charge in [-0.3, -0.25) is 4.79 Å². The van der Waals surface area contributed by atoms with Crippen molar-refractivity contribution in [1.29, 1.82) is 0 Å². The topological polar surface area (TPSA) is 54.5 Å².